The Morgan fingerprint density at radius 1 is 1.09 bits per heavy atom. The van der Waals surface area contributed by atoms with Crippen molar-refractivity contribution in [3.8, 4) is 0 Å². The summed E-state index contributed by atoms with van der Waals surface area (Å²) < 4.78 is 39.2. The number of para-hydroxylation sites is 1. The predicted octanol–water partition coefficient (Wildman–Crippen LogP) is 4.93. The molecule has 2 heterocycles. The molecule has 0 unspecified atom stereocenters. The van der Waals surface area contributed by atoms with Gasteiger partial charge in [0.2, 0.25) is 5.91 Å². The first kappa shape index (κ1) is 23.0. The second kappa shape index (κ2) is 9.76. The van der Waals surface area contributed by atoms with Crippen LogP contribution in [-0.2, 0) is 21.2 Å². The molecule has 0 spiro atoms. The Morgan fingerprint density at radius 2 is 1.88 bits per heavy atom. The maximum absolute atomic E-state index is 13.2. The summed E-state index contributed by atoms with van der Waals surface area (Å²) in [7, 11) is -3.61. The number of hydrogen-bond acceptors (Lipinski definition) is 6. The van der Waals surface area contributed by atoms with E-state index in [1.165, 1.54) is 23.5 Å². The second-order valence-electron chi connectivity index (χ2n) is 7.64. The van der Waals surface area contributed by atoms with E-state index in [-0.39, 0.29) is 35.9 Å². The molecule has 0 aliphatic carbocycles. The van der Waals surface area contributed by atoms with Gasteiger partial charge in [0.05, 0.1) is 27.4 Å². The number of rotatable bonds is 8. The normalized spacial score (nSPS) is 11.6. The molecular weight excluding hydrogens is 461 g/mol. The molecule has 170 valence electrons. The van der Waals surface area contributed by atoms with Crippen molar-refractivity contribution in [1.82, 2.24) is 9.97 Å². The standard InChI is InChI=1S/C24H22FN3O3S2/c1-17-5-2-7-21-23(17)27-24(32-21)28(16-18-6-3-13-26-15-18)22(29)8-4-14-33(30,31)20-11-9-19(25)10-12-20/h2-3,5-7,9-13,15H,4,8,14,16H2,1H3. The van der Waals surface area contributed by atoms with Crippen LogP contribution in [-0.4, -0.2) is 30.0 Å². The highest BCUT2D eigenvalue weighted by Crippen LogP contribution is 2.32. The first-order chi connectivity index (χ1) is 15.8. The number of halogens is 1. The Hall–Kier alpha value is -3.17. The number of anilines is 1. The summed E-state index contributed by atoms with van der Waals surface area (Å²) in [6, 6.07) is 14.3. The van der Waals surface area contributed by atoms with Gasteiger partial charge in [-0.25, -0.2) is 17.8 Å². The van der Waals surface area contributed by atoms with Gasteiger partial charge in [-0.3, -0.25) is 14.7 Å². The average molecular weight is 484 g/mol. The number of fused-ring (bicyclic) bond motifs is 1. The molecule has 0 bridgehead atoms. The maximum atomic E-state index is 13.2. The van der Waals surface area contributed by atoms with Crippen molar-refractivity contribution in [3.63, 3.8) is 0 Å². The molecule has 0 saturated heterocycles. The van der Waals surface area contributed by atoms with E-state index in [4.69, 9.17) is 4.98 Å². The highest BCUT2D eigenvalue weighted by atomic mass is 32.2. The lowest BCUT2D eigenvalue weighted by molar-refractivity contribution is -0.118. The van der Waals surface area contributed by atoms with Crippen LogP contribution in [0.15, 0.2) is 71.9 Å². The van der Waals surface area contributed by atoms with Gasteiger partial charge >= 0.3 is 0 Å². The van der Waals surface area contributed by atoms with Crippen LogP contribution >= 0.6 is 11.3 Å². The molecule has 0 atom stereocenters. The van der Waals surface area contributed by atoms with E-state index >= 15 is 0 Å². The lowest BCUT2D eigenvalue weighted by atomic mass is 10.2. The topological polar surface area (TPSA) is 80.2 Å². The van der Waals surface area contributed by atoms with Gasteiger partial charge in [-0.2, -0.15) is 0 Å². The number of thiazole rings is 1. The Kier molecular flexibility index (Phi) is 6.80. The van der Waals surface area contributed by atoms with Gasteiger partial charge in [0.25, 0.3) is 0 Å². The summed E-state index contributed by atoms with van der Waals surface area (Å²) in [5.41, 5.74) is 2.72. The van der Waals surface area contributed by atoms with Crippen molar-refractivity contribution in [2.45, 2.75) is 31.2 Å². The molecule has 0 N–H and O–H groups in total. The number of amides is 1. The molecule has 2 aromatic carbocycles. The molecule has 4 aromatic rings. The van der Waals surface area contributed by atoms with Crippen LogP contribution in [0.4, 0.5) is 9.52 Å². The van der Waals surface area contributed by atoms with Crippen LogP contribution in [0.2, 0.25) is 0 Å². The van der Waals surface area contributed by atoms with Gasteiger partial charge in [0.15, 0.2) is 15.0 Å². The summed E-state index contributed by atoms with van der Waals surface area (Å²) >= 11 is 1.42. The zero-order valence-electron chi connectivity index (χ0n) is 17.9. The third kappa shape index (κ3) is 5.43. The summed E-state index contributed by atoms with van der Waals surface area (Å²) in [5.74, 6) is -0.921. The molecule has 0 aliphatic rings. The fourth-order valence-corrected chi connectivity index (χ4v) is 5.81. The number of aromatic nitrogens is 2. The number of benzene rings is 2. The van der Waals surface area contributed by atoms with Crippen molar-refractivity contribution in [2.75, 3.05) is 10.7 Å². The fourth-order valence-electron chi connectivity index (χ4n) is 3.43. The van der Waals surface area contributed by atoms with E-state index in [1.54, 1.807) is 23.4 Å². The summed E-state index contributed by atoms with van der Waals surface area (Å²) in [5, 5.41) is 0.564. The summed E-state index contributed by atoms with van der Waals surface area (Å²) in [4.78, 5) is 23.7. The molecule has 0 radical (unpaired) electrons. The van der Waals surface area contributed by atoms with Gasteiger partial charge in [-0.05, 0) is 60.9 Å². The number of aryl methyl sites for hydroxylation is 1. The van der Waals surface area contributed by atoms with Crippen molar-refractivity contribution < 1.29 is 17.6 Å². The molecule has 9 heteroatoms. The third-order valence-electron chi connectivity index (χ3n) is 5.18. The monoisotopic (exact) mass is 483 g/mol. The minimum atomic E-state index is -3.61. The Balaban J connectivity index is 1.53. The lowest BCUT2D eigenvalue weighted by Gasteiger charge is -2.20. The van der Waals surface area contributed by atoms with Gasteiger partial charge in [-0.1, -0.05) is 29.5 Å². The molecule has 4 rings (SSSR count). The number of carbonyl (C=O) groups excluding carboxylic acids is 1. The quantitative estimate of drug-likeness (QED) is 0.332. The summed E-state index contributed by atoms with van der Waals surface area (Å²) in [6.45, 7) is 2.26. The Labute approximate surface area is 195 Å². The van der Waals surface area contributed by atoms with E-state index in [9.17, 15) is 17.6 Å². The molecule has 6 nitrogen and oxygen atoms in total. The molecular formula is C24H22FN3O3S2. The molecule has 1 amide bonds. The average Bonchev–Trinajstić information content (AvgIpc) is 3.23. The molecule has 33 heavy (non-hydrogen) atoms. The van der Waals surface area contributed by atoms with Crippen molar-refractivity contribution in [3.05, 3.63) is 83.9 Å². The first-order valence-electron chi connectivity index (χ1n) is 10.4. The van der Waals surface area contributed by atoms with Crippen molar-refractivity contribution >= 4 is 42.4 Å². The highest BCUT2D eigenvalue weighted by molar-refractivity contribution is 7.91. The van der Waals surface area contributed by atoms with Crippen molar-refractivity contribution in [2.24, 2.45) is 0 Å². The number of sulfone groups is 1. The number of carbonyl (C=O) groups is 1. The summed E-state index contributed by atoms with van der Waals surface area (Å²) in [6.07, 6.45) is 3.54. The van der Waals surface area contributed by atoms with E-state index < -0.39 is 15.7 Å². The van der Waals surface area contributed by atoms with Crippen LogP contribution in [0.3, 0.4) is 0 Å². The van der Waals surface area contributed by atoms with Gasteiger partial charge in [-0.15, -0.1) is 0 Å². The highest BCUT2D eigenvalue weighted by Gasteiger charge is 2.22. The minimum Gasteiger partial charge on any atom is -0.284 e. The van der Waals surface area contributed by atoms with Crippen LogP contribution in [0.1, 0.15) is 24.0 Å². The zero-order chi connectivity index (χ0) is 23.4. The number of hydrogen-bond donors (Lipinski definition) is 0. The minimum absolute atomic E-state index is 0.0373. The third-order valence-corrected chi connectivity index (χ3v) is 8.04. The first-order valence-corrected chi connectivity index (χ1v) is 12.8. The smallest absolute Gasteiger partial charge is 0.229 e. The van der Waals surface area contributed by atoms with E-state index in [0.717, 1.165) is 33.5 Å². The largest absolute Gasteiger partial charge is 0.284 e. The van der Waals surface area contributed by atoms with Crippen LogP contribution in [0.5, 0.6) is 0 Å². The van der Waals surface area contributed by atoms with Gasteiger partial charge in [0.1, 0.15) is 5.82 Å². The number of nitrogens with zero attached hydrogens (tertiary/aromatic N) is 3. The SMILES string of the molecule is Cc1cccc2sc(N(Cc3cccnc3)C(=O)CCCS(=O)(=O)c3ccc(F)cc3)nc12. The Bertz CT molecular complexity index is 1370. The van der Waals surface area contributed by atoms with Gasteiger partial charge < -0.3 is 0 Å². The van der Waals surface area contributed by atoms with Crippen LogP contribution in [0.25, 0.3) is 10.2 Å². The van der Waals surface area contributed by atoms with E-state index in [2.05, 4.69) is 4.98 Å². The second-order valence-corrected chi connectivity index (χ2v) is 10.8. The number of pyridine rings is 1. The van der Waals surface area contributed by atoms with Crippen LogP contribution < -0.4 is 4.90 Å². The van der Waals surface area contributed by atoms with Crippen molar-refractivity contribution in [1.29, 1.82) is 0 Å². The zero-order valence-corrected chi connectivity index (χ0v) is 19.6. The Morgan fingerprint density at radius 3 is 2.58 bits per heavy atom. The van der Waals surface area contributed by atoms with Crippen LogP contribution in [0, 0.1) is 12.7 Å². The molecule has 0 fully saturated rings. The van der Waals surface area contributed by atoms with E-state index in [1.807, 2.05) is 31.2 Å². The molecule has 0 aliphatic heterocycles. The predicted molar refractivity (Wildman–Crippen MR) is 127 cm³/mol. The lowest BCUT2D eigenvalue weighted by Crippen LogP contribution is -2.30. The fraction of sp³-hybridized carbons (Fsp3) is 0.208. The molecule has 0 saturated carbocycles. The van der Waals surface area contributed by atoms with E-state index in [0.29, 0.717) is 5.13 Å². The maximum Gasteiger partial charge on any atom is 0.229 e. The van der Waals surface area contributed by atoms with Gasteiger partial charge in [0, 0.05) is 18.8 Å². The molecule has 2 aromatic heterocycles.